The van der Waals surface area contributed by atoms with Crippen molar-refractivity contribution < 1.29 is 18.0 Å². The molecule has 0 unspecified atom stereocenters. The molecule has 0 saturated carbocycles. The highest BCUT2D eigenvalue weighted by Gasteiger charge is 2.25. The number of aryl methyl sites for hydroxylation is 1. The Morgan fingerprint density at radius 1 is 1.39 bits per heavy atom. The second-order valence-corrected chi connectivity index (χ2v) is 6.58. The summed E-state index contributed by atoms with van der Waals surface area (Å²) < 4.78 is 78.0. The minimum absolute atomic E-state index is 0.0165. The Morgan fingerprint density at radius 2 is 2.17 bits per heavy atom. The summed E-state index contributed by atoms with van der Waals surface area (Å²) in [5.74, 6) is -0.211. The van der Waals surface area contributed by atoms with Crippen molar-refractivity contribution >= 4 is 27.0 Å². The number of pyridine rings is 1. The molecule has 8 nitrogen and oxygen atoms in total. The summed E-state index contributed by atoms with van der Waals surface area (Å²) in [6.07, 6.45) is -3.36. The fourth-order valence-electron chi connectivity index (χ4n) is 2.38. The van der Waals surface area contributed by atoms with Gasteiger partial charge in [0.25, 0.3) is 0 Å². The minimum Gasteiger partial charge on any atom is -0.351 e. The van der Waals surface area contributed by atoms with Crippen LogP contribution in [0, 0.1) is 6.85 Å². The molecule has 0 radical (unpaired) electrons. The fourth-order valence-corrected chi connectivity index (χ4v) is 3.04. The molecular weight excluding hydrogens is 318 g/mol. The SMILES string of the molecule is [2H]C1(Nc2nc(C([2H])([2H])[2H])c3ccc(=O)[nH]c3n2)CCN(S(=O)(=O)C([2H])([2H])[2H])CC1. The zero-order valence-corrected chi connectivity index (χ0v) is 12.8. The summed E-state index contributed by atoms with van der Waals surface area (Å²) in [5, 5.41) is 2.84. The fraction of sp³-hybridized carbons (Fsp3) is 0.500. The van der Waals surface area contributed by atoms with Gasteiger partial charge < -0.3 is 10.3 Å². The molecule has 1 aliphatic heterocycles. The Kier molecular flexibility index (Phi) is 2.39. The van der Waals surface area contributed by atoms with Crippen LogP contribution >= 0.6 is 0 Å². The van der Waals surface area contributed by atoms with Crippen LogP contribution in [0.15, 0.2) is 16.9 Å². The van der Waals surface area contributed by atoms with E-state index in [1.165, 1.54) is 6.07 Å². The van der Waals surface area contributed by atoms with Crippen LogP contribution in [-0.2, 0) is 10.0 Å². The smallest absolute Gasteiger partial charge is 0.249 e. The highest BCUT2D eigenvalue weighted by atomic mass is 32.2. The maximum absolute atomic E-state index is 12.1. The van der Waals surface area contributed by atoms with E-state index in [1.807, 2.05) is 0 Å². The number of nitrogens with one attached hydrogen (secondary N) is 2. The molecular formula is C14H19N5O3S. The van der Waals surface area contributed by atoms with E-state index in [2.05, 4.69) is 20.3 Å². The van der Waals surface area contributed by atoms with Gasteiger partial charge in [0.1, 0.15) is 5.65 Å². The van der Waals surface area contributed by atoms with E-state index in [0.717, 1.165) is 10.4 Å². The largest absolute Gasteiger partial charge is 0.351 e. The van der Waals surface area contributed by atoms with Crippen molar-refractivity contribution in [3.63, 3.8) is 0 Å². The monoisotopic (exact) mass is 344 g/mol. The summed E-state index contributed by atoms with van der Waals surface area (Å²) >= 11 is 0. The van der Waals surface area contributed by atoms with Gasteiger partial charge in [0.2, 0.25) is 21.5 Å². The average Bonchev–Trinajstić information content (AvgIpc) is 2.59. The lowest BCUT2D eigenvalue weighted by molar-refractivity contribution is 0.331. The van der Waals surface area contributed by atoms with E-state index >= 15 is 0 Å². The Labute approximate surface area is 143 Å². The number of anilines is 1. The number of aromatic nitrogens is 3. The van der Waals surface area contributed by atoms with E-state index in [-0.39, 0.29) is 48.6 Å². The van der Waals surface area contributed by atoms with Crippen molar-refractivity contribution in [1.29, 1.82) is 0 Å². The van der Waals surface area contributed by atoms with Gasteiger partial charge in [-0.05, 0) is 25.8 Å². The van der Waals surface area contributed by atoms with E-state index in [4.69, 9.17) is 9.60 Å². The van der Waals surface area contributed by atoms with E-state index in [1.54, 1.807) is 0 Å². The molecule has 1 fully saturated rings. The zero-order valence-electron chi connectivity index (χ0n) is 19.0. The second-order valence-electron chi connectivity index (χ2n) is 5.11. The standard InChI is InChI=1S/C14H19N5O3S/c1-9-11-3-4-12(20)17-13(11)18-14(15-9)16-10-5-7-19(8-6-10)23(2,21)22/h3-4,10H,5-8H2,1-2H3,(H2,15,16,17,18,20)/i1D3,2D3,10D. The lowest BCUT2D eigenvalue weighted by Gasteiger charge is -2.30. The van der Waals surface area contributed by atoms with Gasteiger partial charge in [-0.3, -0.25) is 4.79 Å². The molecule has 0 amide bonds. The minimum atomic E-state index is -4.51. The Morgan fingerprint density at radius 3 is 2.87 bits per heavy atom. The van der Waals surface area contributed by atoms with Gasteiger partial charge in [-0.15, -0.1) is 0 Å². The Hall–Kier alpha value is -2.00. The summed E-state index contributed by atoms with van der Waals surface area (Å²) in [6, 6.07) is 0.991. The van der Waals surface area contributed by atoms with E-state index in [0.29, 0.717) is 0 Å². The molecule has 2 aromatic rings. The molecule has 0 atom stereocenters. The third kappa shape index (κ3) is 3.50. The van der Waals surface area contributed by atoms with Crippen molar-refractivity contribution in [3.05, 3.63) is 28.2 Å². The summed E-state index contributed by atoms with van der Waals surface area (Å²) in [6.45, 7) is -3.04. The zero-order chi connectivity index (χ0) is 22.5. The van der Waals surface area contributed by atoms with Crippen LogP contribution in [0.2, 0.25) is 0 Å². The van der Waals surface area contributed by atoms with Crippen molar-refractivity contribution in [1.82, 2.24) is 19.3 Å². The molecule has 0 aliphatic carbocycles. The molecule has 2 aromatic heterocycles. The van der Waals surface area contributed by atoms with Gasteiger partial charge >= 0.3 is 0 Å². The van der Waals surface area contributed by atoms with Crippen molar-refractivity contribution in [2.24, 2.45) is 0 Å². The quantitative estimate of drug-likeness (QED) is 0.837. The van der Waals surface area contributed by atoms with E-state index in [9.17, 15) is 13.2 Å². The number of hydrogen-bond donors (Lipinski definition) is 2. The van der Waals surface area contributed by atoms with Crippen LogP contribution in [-0.4, -0.2) is 53.0 Å². The number of sulfonamides is 1. The van der Waals surface area contributed by atoms with Gasteiger partial charge in [0.15, 0.2) is 0 Å². The first-order valence-corrected chi connectivity index (χ1v) is 8.26. The Bertz CT molecular complexity index is 1120. The number of H-pyrrole nitrogens is 1. The maximum atomic E-state index is 12.1. The summed E-state index contributed by atoms with van der Waals surface area (Å²) in [4.78, 5) is 22.1. The molecule has 0 aromatic carbocycles. The lowest BCUT2D eigenvalue weighted by Crippen LogP contribution is -2.42. The summed E-state index contributed by atoms with van der Waals surface area (Å²) in [7, 11) is -4.51. The van der Waals surface area contributed by atoms with Gasteiger partial charge in [0, 0.05) is 38.8 Å². The first kappa shape index (κ1) is 9.33. The molecule has 3 rings (SSSR count). The van der Waals surface area contributed by atoms with Crippen LogP contribution in [0.4, 0.5) is 5.95 Å². The Balaban J connectivity index is 1.89. The van der Waals surface area contributed by atoms with Crippen LogP contribution in [0.5, 0.6) is 0 Å². The first-order valence-electron chi connectivity index (χ1n) is 10.3. The first-order chi connectivity index (χ1) is 13.6. The van der Waals surface area contributed by atoms with E-state index < -0.39 is 34.6 Å². The van der Waals surface area contributed by atoms with Crippen molar-refractivity contribution in [3.8, 4) is 0 Å². The molecule has 3 heterocycles. The third-order valence-electron chi connectivity index (χ3n) is 3.54. The van der Waals surface area contributed by atoms with Crippen molar-refractivity contribution in [2.45, 2.75) is 25.7 Å². The third-order valence-corrected chi connectivity index (χ3v) is 4.59. The topological polar surface area (TPSA) is 108 Å². The van der Waals surface area contributed by atoms with Crippen LogP contribution < -0.4 is 10.9 Å². The van der Waals surface area contributed by atoms with Gasteiger partial charge in [0.05, 0.1) is 13.2 Å². The molecule has 0 spiro atoms. The van der Waals surface area contributed by atoms with Gasteiger partial charge in [-0.25, -0.2) is 17.7 Å². The molecule has 2 N–H and O–H groups in total. The lowest BCUT2D eigenvalue weighted by atomic mass is 10.1. The highest BCUT2D eigenvalue weighted by molar-refractivity contribution is 7.88. The van der Waals surface area contributed by atoms with Gasteiger partial charge in [-0.2, -0.15) is 4.98 Å². The van der Waals surface area contributed by atoms with Crippen LogP contribution in [0.1, 0.15) is 28.1 Å². The number of hydrogen-bond acceptors (Lipinski definition) is 6. The highest BCUT2D eigenvalue weighted by Crippen LogP contribution is 2.18. The average molecular weight is 344 g/mol. The normalized spacial score (nSPS) is 24.4. The number of fused-ring (bicyclic) bond motifs is 1. The predicted molar refractivity (Wildman–Crippen MR) is 88.0 cm³/mol. The van der Waals surface area contributed by atoms with Crippen LogP contribution in [0.25, 0.3) is 11.0 Å². The molecule has 124 valence electrons. The molecule has 9 heteroatoms. The van der Waals surface area contributed by atoms with Gasteiger partial charge in [-0.1, -0.05) is 0 Å². The van der Waals surface area contributed by atoms with Crippen molar-refractivity contribution in [2.75, 3.05) is 24.6 Å². The molecule has 1 aliphatic rings. The number of piperidine rings is 1. The molecule has 1 saturated heterocycles. The molecule has 0 bridgehead atoms. The second kappa shape index (κ2) is 5.89. The summed E-state index contributed by atoms with van der Waals surface area (Å²) in [5.41, 5.74) is -0.818. The number of aromatic amines is 1. The predicted octanol–water partition coefficient (Wildman–Crippen LogP) is 0.462. The number of nitrogens with zero attached hydrogens (tertiary/aromatic N) is 3. The molecule has 23 heavy (non-hydrogen) atoms. The number of rotatable bonds is 3. The van der Waals surface area contributed by atoms with Crippen LogP contribution in [0.3, 0.4) is 0 Å². The maximum Gasteiger partial charge on any atom is 0.249 e.